The fraction of sp³-hybridized carbons (Fsp3) is 0.321. The van der Waals surface area contributed by atoms with Crippen LogP contribution in [-0.4, -0.2) is 91.9 Å². The van der Waals surface area contributed by atoms with Gasteiger partial charge in [0, 0.05) is 44.6 Å². The predicted octanol–water partition coefficient (Wildman–Crippen LogP) is 2.04. The van der Waals surface area contributed by atoms with Crippen LogP contribution in [0, 0.1) is 18.3 Å². The number of piperazine rings is 1. The Kier molecular flexibility index (Phi) is 9.82. The van der Waals surface area contributed by atoms with Crippen LogP contribution in [0.25, 0.3) is 0 Å². The molecule has 1 N–H and O–H groups in total. The molecule has 232 valence electrons. The lowest BCUT2D eigenvalue weighted by Crippen LogP contribution is -2.49. The van der Waals surface area contributed by atoms with Gasteiger partial charge in [-0.05, 0) is 49.4 Å². The summed E-state index contributed by atoms with van der Waals surface area (Å²) in [6, 6.07) is 16.2. The second-order valence-corrected chi connectivity index (χ2v) is 14.1. The molecular weight excluding hydrogens is 608 g/mol. The molecule has 1 unspecified atom stereocenters. The van der Waals surface area contributed by atoms with Gasteiger partial charge in [0.1, 0.15) is 28.2 Å². The van der Waals surface area contributed by atoms with Crippen LogP contribution in [0.15, 0.2) is 63.9 Å². The summed E-state index contributed by atoms with van der Waals surface area (Å²) >= 11 is 0. The number of carbonyl (C=O) groups is 2. The molecule has 44 heavy (non-hydrogen) atoms. The molecule has 1 aromatic heterocycles. The maximum Gasteiger partial charge on any atom is 0.328 e. The molecule has 0 bridgehead atoms. The van der Waals surface area contributed by atoms with Crippen molar-refractivity contribution in [3.63, 3.8) is 0 Å². The van der Waals surface area contributed by atoms with Gasteiger partial charge in [-0.3, -0.25) is 13.9 Å². The summed E-state index contributed by atoms with van der Waals surface area (Å²) < 4.78 is 50.3. The van der Waals surface area contributed by atoms with Crippen LogP contribution in [-0.2, 0) is 29.5 Å². The first kappa shape index (κ1) is 32.3. The highest BCUT2D eigenvalue weighted by molar-refractivity contribution is 7.92. The number of carbonyl (C=O) groups excluding carboxylic acids is 2. The van der Waals surface area contributed by atoms with Gasteiger partial charge in [-0.1, -0.05) is 12.1 Å². The average molecular weight is 641 g/mol. The van der Waals surface area contributed by atoms with Crippen molar-refractivity contribution in [2.45, 2.75) is 11.8 Å². The minimum absolute atomic E-state index is 0.152. The summed E-state index contributed by atoms with van der Waals surface area (Å²) in [6.07, 6.45) is 1.05. The molecule has 1 aliphatic rings. The van der Waals surface area contributed by atoms with Crippen molar-refractivity contribution in [1.82, 2.24) is 14.3 Å². The first-order valence-corrected chi connectivity index (χ1v) is 16.7. The molecule has 2 heterocycles. The van der Waals surface area contributed by atoms with E-state index in [1.165, 1.54) is 26.3 Å². The van der Waals surface area contributed by atoms with Crippen molar-refractivity contribution in [3.8, 4) is 6.07 Å². The fourth-order valence-electron chi connectivity index (χ4n) is 4.43. The van der Waals surface area contributed by atoms with Gasteiger partial charge >= 0.3 is 5.97 Å². The fourth-order valence-corrected chi connectivity index (χ4v) is 6.99. The third-order valence-electron chi connectivity index (χ3n) is 6.83. The van der Waals surface area contributed by atoms with Gasteiger partial charge in [0.25, 0.3) is 5.91 Å². The van der Waals surface area contributed by atoms with E-state index >= 15 is 0 Å². The number of hydrogen-bond donors (Lipinski definition) is 1. The Balaban J connectivity index is 1.57. The molecule has 0 aliphatic carbocycles. The van der Waals surface area contributed by atoms with E-state index < -0.39 is 38.4 Å². The topological polar surface area (TPSA) is 178 Å². The summed E-state index contributed by atoms with van der Waals surface area (Å²) in [5.74, 6) is -0.771. The molecule has 14 nitrogen and oxygen atoms in total. The van der Waals surface area contributed by atoms with Crippen molar-refractivity contribution < 1.29 is 27.0 Å². The number of aryl methyl sites for hydroxylation is 1. The second kappa shape index (κ2) is 13.4. The maximum absolute atomic E-state index is 14.4. The van der Waals surface area contributed by atoms with Gasteiger partial charge in [0.15, 0.2) is 0 Å². The third kappa shape index (κ3) is 7.30. The highest BCUT2D eigenvalue weighted by atomic mass is 32.2. The zero-order valence-corrected chi connectivity index (χ0v) is 26.3. The van der Waals surface area contributed by atoms with Crippen LogP contribution >= 0.6 is 0 Å². The molecule has 0 spiro atoms. The van der Waals surface area contributed by atoms with E-state index in [0.717, 1.165) is 10.6 Å². The smallest absolute Gasteiger partial charge is 0.328 e. The van der Waals surface area contributed by atoms with Crippen molar-refractivity contribution in [3.05, 3.63) is 71.5 Å². The highest BCUT2D eigenvalue weighted by Gasteiger charge is 2.29. The van der Waals surface area contributed by atoms with E-state index in [2.05, 4.69) is 19.6 Å². The van der Waals surface area contributed by atoms with Gasteiger partial charge in [-0.15, -0.1) is 0 Å². The first-order valence-electron chi connectivity index (χ1n) is 13.4. The molecule has 1 aliphatic heterocycles. The number of methoxy groups -OCH3 is 1. The summed E-state index contributed by atoms with van der Waals surface area (Å²) in [7, 11) is -4.30. The Morgan fingerprint density at radius 3 is 2.34 bits per heavy atom. The normalized spacial score (nSPS) is 15.0. The molecule has 0 radical (unpaired) electrons. The lowest BCUT2D eigenvalue weighted by molar-refractivity contribution is -0.138. The van der Waals surface area contributed by atoms with Crippen molar-refractivity contribution in [2.75, 3.05) is 67.7 Å². The number of rotatable bonds is 9. The van der Waals surface area contributed by atoms with E-state index in [-0.39, 0.29) is 16.9 Å². The molecule has 0 saturated carbocycles. The van der Waals surface area contributed by atoms with Gasteiger partial charge in [0.2, 0.25) is 16.0 Å². The van der Waals surface area contributed by atoms with E-state index in [4.69, 9.17) is 4.74 Å². The number of nitriles is 1. The summed E-state index contributed by atoms with van der Waals surface area (Å²) in [5, 5.41) is 12.0. The summed E-state index contributed by atoms with van der Waals surface area (Å²) in [5.41, 5.74) is 1.65. The van der Waals surface area contributed by atoms with Crippen molar-refractivity contribution in [1.29, 1.82) is 5.26 Å². The standard InChI is InChI=1S/C28H32N8O6S2/c1-20-17-22(18-29)33-28(31-20)35-13-15-36(16-14-35)44(41,30-19-26(37)42-3)23-11-9-21(10-12-23)32-27(38)24-7-5-6-8-25(24)34(2)43(4,39)40/h5-12,17H,13-16,19H2,1-4H3,(H,32,38). The number of aromatic nitrogens is 2. The van der Waals surface area contributed by atoms with Crippen molar-refractivity contribution in [2.24, 2.45) is 4.36 Å². The van der Waals surface area contributed by atoms with Crippen LogP contribution in [0.5, 0.6) is 0 Å². The Labute approximate surface area is 256 Å². The highest BCUT2D eigenvalue weighted by Crippen LogP contribution is 2.26. The number of nitrogens with zero attached hydrogens (tertiary/aromatic N) is 7. The molecule has 4 rings (SSSR count). The average Bonchev–Trinajstić information content (AvgIpc) is 3.02. The number of esters is 1. The Bertz CT molecular complexity index is 1830. The van der Waals surface area contributed by atoms with Crippen LogP contribution in [0.3, 0.4) is 0 Å². The van der Waals surface area contributed by atoms with Crippen LogP contribution in [0.4, 0.5) is 17.3 Å². The molecule has 2 aromatic carbocycles. The maximum atomic E-state index is 14.4. The number of para-hydroxylation sites is 1. The molecular formula is C28H32N8O6S2. The minimum Gasteiger partial charge on any atom is -0.468 e. The molecule has 1 amide bonds. The van der Waals surface area contributed by atoms with Gasteiger partial charge in [0.05, 0.1) is 29.5 Å². The minimum atomic E-state index is -3.61. The van der Waals surface area contributed by atoms with Gasteiger partial charge < -0.3 is 15.0 Å². The second-order valence-electron chi connectivity index (χ2n) is 9.81. The van der Waals surface area contributed by atoms with Crippen molar-refractivity contribution >= 4 is 49.1 Å². The van der Waals surface area contributed by atoms with E-state index in [1.54, 1.807) is 53.7 Å². The van der Waals surface area contributed by atoms with Gasteiger partial charge in [-0.2, -0.15) is 5.26 Å². The van der Waals surface area contributed by atoms with Gasteiger partial charge in [-0.25, -0.2) is 31.3 Å². The van der Waals surface area contributed by atoms with E-state index in [0.29, 0.717) is 48.4 Å². The zero-order chi connectivity index (χ0) is 32.1. The Hall–Kier alpha value is -4.59. The largest absolute Gasteiger partial charge is 0.468 e. The number of anilines is 3. The number of hydrogen-bond acceptors (Lipinski definition) is 11. The summed E-state index contributed by atoms with van der Waals surface area (Å²) in [6.45, 7) is 2.74. The lowest BCUT2D eigenvalue weighted by Gasteiger charge is -2.36. The summed E-state index contributed by atoms with van der Waals surface area (Å²) in [4.78, 5) is 36.0. The van der Waals surface area contributed by atoms with Crippen LogP contribution < -0.4 is 14.5 Å². The third-order valence-corrected chi connectivity index (χ3v) is 10.5. The van der Waals surface area contributed by atoms with E-state index in [1.807, 2.05) is 11.0 Å². The van der Waals surface area contributed by atoms with E-state index in [9.17, 15) is 27.5 Å². The lowest BCUT2D eigenvalue weighted by atomic mass is 10.1. The zero-order valence-electron chi connectivity index (χ0n) is 24.6. The molecule has 16 heteroatoms. The van der Waals surface area contributed by atoms with Crippen LogP contribution in [0.1, 0.15) is 21.7 Å². The van der Waals surface area contributed by atoms with Crippen LogP contribution in [0.2, 0.25) is 0 Å². The predicted molar refractivity (Wildman–Crippen MR) is 165 cm³/mol. The molecule has 3 aromatic rings. The number of sulfonamides is 1. The number of benzene rings is 2. The quantitative estimate of drug-likeness (QED) is 0.340. The molecule has 1 fully saturated rings. The number of ether oxygens (including phenoxy) is 1. The number of amides is 1. The Morgan fingerprint density at radius 2 is 1.73 bits per heavy atom. The Morgan fingerprint density at radius 1 is 1.07 bits per heavy atom. The first-order chi connectivity index (χ1) is 20.8. The number of nitrogens with one attached hydrogen (secondary N) is 1. The SMILES string of the molecule is COC(=O)CN=S(=O)(c1ccc(NC(=O)c2ccccc2N(C)S(C)(=O)=O)cc1)N1CCN(c2nc(C)cc(C#N)n2)CC1. The molecule has 1 atom stereocenters. The monoisotopic (exact) mass is 640 g/mol. The molecule has 1 saturated heterocycles.